The smallest absolute Gasteiger partial charge is 0.462 e. The normalized spacial score (nSPS) is 13.6. The standard InChI is InChI=1S/C49H95N2O10P.C44H87N2O8P/c1-8-12-15-18-20-22-23-25-26-29-32-35-46(52)51-44(43-59-62(55,57-39-11-4)58-41-38-50-48(54)61-49(5,6)7)42-56-40-37-45(34-31-28-17-14-10-3)60-47(53)36-33-30-27-24-21-19-16-13-9-2;1-5-9-12-15-17-19-20-22-23-26-29-32-43(47)46-41(40-53-55(49,51-36-8-4)52-38-35-45)39-50-37-34-42(31-28-25-14-11-7-3)54-44(48)33-30-27-24-21-18-16-13-10-6-2/h11,44-45H,4,8-10,12-43H2,1-3,5-7H3,(H,50,54)(H,51,52);8,41-42H,4-7,9-40,45H2,1-3H3,(H,46,47)/t44-,45-,62?;41-,42-,55?/m11/s1. The Morgan fingerprint density at radius 2 is 0.632 bits per heavy atom. The fourth-order valence-electron chi connectivity index (χ4n) is 13.4. The SMILES string of the molecule is C=CCOP(=O)(OCCN)OC[C@@H](COCC[C@@H](CCCCCCC)OC(=O)CCCCCCCCCCC)NC(=O)CCCCCCCCCCCCC.C=CCOP(=O)(OCCNC(=O)OC(C)(C)C)OC[C@@H](COCC[C@@H](CCCCCCC)OC(=O)CCCCCCCCCCC)NC(=O)CCCCCCCCCCCCC. The molecule has 0 aliphatic carbocycles. The van der Waals surface area contributed by atoms with Gasteiger partial charge in [-0.2, -0.15) is 0 Å². The highest BCUT2D eigenvalue weighted by molar-refractivity contribution is 7.48. The molecule has 0 spiro atoms. The van der Waals surface area contributed by atoms with Gasteiger partial charge in [0, 0.05) is 51.6 Å². The quantitative estimate of drug-likeness (QED) is 0.0145. The van der Waals surface area contributed by atoms with E-state index in [0.29, 0.717) is 51.7 Å². The van der Waals surface area contributed by atoms with Crippen molar-refractivity contribution in [1.82, 2.24) is 16.0 Å². The van der Waals surface area contributed by atoms with Gasteiger partial charge in [0.1, 0.15) is 17.8 Å². The number of phosphoric acid groups is 2. The molecule has 0 radical (unpaired) electrons. The first-order valence-corrected chi connectivity index (χ1v) is 50.7. The second-order valence-electron chi connectivity index (χ2n) is 33.2. The number of rotatable bonds is 89. The van der Waals surface area contributed by atoms with Gasteiger partial charge >= 0.3 is 33.7 Å². The van der Waals surface area contributed by atoms with Crippen molar-refractivity contribution in [2.24, 2.45) is 5.73 Å². The average molecular weight is 1710 g/mol. The highest BCUT2D eigenvalue weighted by atomic mass is 31.2. The van der Waals surface area contributed by atoms with Crippen LogP contribution in [-0.4, -0.2) is 139 Å². The predicted octanol–water partition coefficient (Wildman–Crippen LogP) is 25.7. The lowest BCUT2D eigenvalue weighted by molar-refractivity contribution is -0.151. The van der Waals surface area contributed by atoms with E-state index in [0.717, 1.165) is 116 Å². The molecule has 0 heterocycles. The van der Waals surface area contributed by atoms with E-state index in [9.17, 15) is 33.1 Å². The summed E-state index contributed by atoms with van der Waals surface area (Å²) in [5, 5.41) is 8.58. The van der Waals surface area contributed by atoms with Crippen molar-refractivity contribution in [1.29, 1.82) is 0 Å². The number of amides is 3. The molecule has 3 amide bonds. The number of phosphoric ester groups is 2. The molecule has 0 rings (SSSR count). The number of esters is 2. The first kappa shape index (κ1) is 116. The number of nitrogens with two attached hydrogens (primary N) is 1. The van der Waals surface area contributed by atoms with E-state index in [-0.39, 0.29) is 102 Å². The van der Waals surface area contributed by atoms with Gasteiger partial charge in [-0.3, -0.25) is 46.3 Å². The molecule has 24 heteroatoms. The molecule has 0 aromatic rings. The van der Waals surface area contributed by atoms with Crippen LogP contribution in [0.5, 0.6) is 0 Å². The van der Waals surface area contributed by atoms with Crippen LogP contribution in [0.1, 0.15) is 435 Å². The largest absolute Gasteiger partial charge is 0.475 e. The van der Waals surface area contributed by atoms with Crippen molar-refractivity contribution in [2.75, 3.05) is 79.2 Å². The molecular weight excluding hydrogens is 1520 g/mol. The summed E-state index contributed by atoms with van der Waals surface area (Å²) in [6.45, 7) is 26.3. The van der Waals surface area contributed by atoms with E-state index < -0.39 is 39.4 Å². The van der Waals surface area contributed by atoms with Crippen molar-refractivity contribution in [3.8, 4) is 0 Å². The third-order valence-corrected chi connectivity index (χ3v) is 23.2. The highest BCUT2D eigenvalue weighted by Gasteiger charge is 2.31. The Morgan fingerprint density at radius 1 is 0.350 bits per heavy atom. The zero-order valence-electron chi connectivity index (χ0n) is 76.7. The van der Waals surface area contributed by atoms with Crippen LogP contribution in [0, 0.1) is 0 Å². The molecule has 0 fully saturated rings. The second-order valence-corrected chi connectivity index (χ2v) is 36.5. The van der Waals surface area contributed by atoms with Crippen molar-refractivity contribution in [2.45, 2.75) is 465 Å². The lowest BCUT2D eigenvalue weighted by atomic mass is 10.1. The van der Waals surface area contributed by atoms with Crippen molar-refractivity contribution in [3.05, 3.63) is 25.3 Å². The molecule has 0 saturated heterocycles. The first-order valence-electron chi connectivity index (χ1n) is 47.8. The van der Waals surface area contributed by atoms with Crippen LogP contribution in [0.3, 0.4) is 0 Å². The molecule has 0 aliphatic heterocycles. The lowest BCUT2D eigenvalue weighted by Gasteiger charge is -2.23. The fourth-order valence-corrected chi connectivity index (χ4v) is 15.8. The van der Waals surface area contributed by atoms with Gasteiger partial charge in [0.05, 0.1) is 78.2 Å². The summed E-state index contributed by atoms with van der Waals surface area (Å²) in [5.41, 5.74) is 4.89. The van der Waals surface area contributed by atoms with Crippen LogP contribution >= 0.6 is 15.6 Å². The molecule has 117 heavy (non-hydrogen) atoms. The van der Waals surface area contributed by atoms with Crippen LogP contribution in [-0.2, 0) is 79.1 Å². The molecule has 0 saturated carbocycles. The van der Waals surface area contributed by atoms with E-state index in [2.05, 4.69) is 70.7 Å². The Labute approximate surface area is 716 Å². The molecule has 2 unspecified atom stereocenters. The fraction of sp³-hybridized carbons (Fsp3) is 0.903. The molecule has 692 valence electrons. The number of nitrogens with one attached hydrogen (secondary N) is 3. The predicted molar refractivity (Wildman–Crippen MR) is 482 cm³/mol. The van der Waals surface area contributed by atoms with Gasteiger partial charge in [-0.05, 0) is 72.1 Å². The van der Waals surface area contributed by atoms with Crippen LogP contribution in [0.15, 0.2) is 25.3 Å². The maximum atomic E-state index is 13.6. The number of carbonyl (C=O) groups is 5. The highest BCUT2D eigenvalue weighted by Crippen LogP contribution is 2.50. The number of ether oxygens (including phenoxy) is 5. The summed E-state index contributed by atoms with van der Waals surface area (Å²) in [6.07, 6.45) is 65.4. The van der Waals surface area contributed by atoms with E-state index in [1.165, 1.54) is 230 Å². The third-order valence-electron chi connectivity index (χ3n) is 20.3. The van der Waals surface area contributed by atoms with Crippen LogP contribution < -0.4 is 21.7 Å². The topological polar surface area (TPSA) is 283 Å². The Bertz CT molecular complexity index is 2370. The van der Waals surface area contributed by atoms with Gasteiger partial charge in [-0.25, -0.2) is 13.9 Å². The number of hydrogen-bond donors (Lipinski definition) is 4. The summed E-state index contributed by atoms with van der Waals surface area (Å²) < 4.78 is 89.2. The number of carbonyl (C=O) groups excluding carboxylic acids is 5. The van der Waals surface area contributed by atoms with E-state index in [1.807, 2.05) is 0 Å². The zero-order valence-corrected chi connectivity index (χ0v) is 78.5. The van der Waals surface area contributed by atoms with Crippen LogP contribution in [0.4, 0.5) is 4.79 Å². The summed E-state index contributed by atoms with van der Waals surface area (Å²) in [6, 6.07) is -1.23. The summed E-state index contributed by atoms with van der Waals surface area (Å²) in [7, 11) is -8.05. The van der Waals surface area contributed by atoms with E-state index in [1.54, 1.807) is 20.8 Å². The molecule has 22 nitrogen and oxygen atoms in total. The van der Waals surface area contributed by atoms with Crippen LogP contribution in [0.25, 0.3) is 0 Å². The molecule has 0 aromatic carbocycles. The minimum Gasteiger partial charge on any atom is -0.462 e. The maximum Gasteiger partial charge on any atom is 0.475 e. The molecular formula is C93H182N4O18P2. The van der Waals surface area contributed by atoms with Crippen molar-refractivity contribution < 1.29 is 83.9 Å². The van der Waals surface area contributed by atoms with Gasteiger partial charge in [0.25, 0.3) is 0 Å². The average Bonchev–Trinajstić information content (AvgIpc) is 0.886. The maximum absolute atomic E-state index is 13.6. The van der Waals surface area contributed by atoms with E-state index >= 15 is 0 Å². The van der Waals surface area contributed by atoms with Crippen molar-refractivity contribution >= 4 is 45.5 Å². The van der Waals surface area contributed by atoms with E-state index in [4.69, 9.17) is 56.6 Å². The molecule has 0 aromatic heterocycles. The third kappa shape index (κ3) is 83.4. The minimum absolute atomic E-state index is 0.00151. The van der Waals surface area contributed by atoms with Gasteiger partial charge in [-0.15, -0.1) is 13.2 Å². The molecule has 0 bridgehead atoms. The van der Waals surface area contributed by atoms with Crippen LogP contribution in [0.2, 0.25) is 0 Å². The van der Waals surface area contributed by atoms with Gasteiger partial charge in [0.2, 0.25) is 11.8 Å². The van der Waals surface area contributed by atoms with Crippen molar-refractivity contribution in [3.63, 3.8) is 0 Å². The summed E-state index contributed by atoms with van der Waals surface area (Å²) >= 11 is 0. The zero-order chi connectivity index (χ0) is 86.5. The Morgan fingerprint density at radius 3 is 0.923 bits per heavy atom. The summed E-state index contributed by atoms with van der Waals surface area (Å²) in [4.78, 5) is 63.9. The Balaban J connectivity index is 0. The number of alkyl carbamates (subject to hydrolysis) is 1. The monoisotopic (exact) mass is 1710 g/mol. The van der Waals surface area contributed by atoms with Gasteiger partial charge < -0.3 is 45.4 Å². The molecule has 6 atom stereocenters. The molecule has 5 N–H and O–H groups in total. The first-order chi connectivity index (χ1) is 56.7. The lowest BCUT2D eigenvalue weighted by Crippen LogP contribution is -2.41. The molecule has 0 aliphatic rings. The second kappa shape index (κ2) is 86.3. The number of hydrogen-bond acceptors (Lipinski definition) is 19. The minimum atomic E-state index is -4.12. The Kier molecular flexibility index (Phi) is 85.4. The summed E-state index contributed by atoms with van der Waals surface area (Å²) in [5.74, 6) is -0.523. The Hall–Kier alpha value is -3.27. The van der Waals surface area contributed by atoms with Gasteiger partial charge in [-0.1, -0.05) is 336 Å². The number of unbranched alkanes of at least 4 members (excludes halogenated alkanes) is 44. The van der Waals surface area contributed by atoms with Gasteiger partial charge in [0.15, 0.2) is 0 Å².